The number of hydrogen-bond acceptors (Lipinski definition) is 4. The van der Waals surface area contributed by atoms with Gasteiger partial charge in [0.2, 0.25) is 5.91 Å². The molecule has 1 saturated heterocycles. The minimum atomic E-state index is -0.426. The summed E-state index contributed by atoms with van der Waals surface area (Å²) in [7, 11) is 0. The second-order valence-corrected chi connectivity index (χ2v) is 5.15. The van der Waals surface area contributed by atoms with Gasteiger partial charge in [-0.25, -0.2) is 4.79 Å². The van der Waals surface area contributed by atoms with Crippen LogP contribution in [0.5, 0.6) is 0 Å². The summed E-state index contributed by atoms with van der Waals surface area (Å²) < 4.78 is 10.5. The summed E-state index contributed by atoms with van der Waals surface area (Å²) in [6.45, 7) is 1.93. The molecule has 3 rings (SSSR count). The van der Waals surface area contributed by atoms with Crippen molar-refractivity contribution in [1.82, 2.24) is 10.2 Å². The summed E-state index contributed by atoms with van der Waals surface area (Å²) in [6.07, 6.45) is 0.356. The van der Waals surface area contributed by atoms with E-state index in [9.17, 15) is 9.59 Å². The number of hydrogen-bond donors (Lipinski definition) is 1. The standard InChI is InChI=1S/C15H18N2O4/c18-14(10-17-6-8-21-15(17)19)16-9-13-12-4-2-1-3-11(12)5-7-20-13/h1-4,13H,5-10H2,(H,16,18)/t13-/m1/s1. The Hall–Kier alpha value is -2.08. The van der Waals surface area contributed by atoms with Crippen molar-refractivity contribution in [1.29, 1.82) is 0 Å². The third-order valence-electron chi connectivity index (χ3n) is 3.76. The van der Waals surface area contributed by atoms with Crippen molar-refractivity contribution < 1.29 is 19.1 Å². The van der Waals surface area contributed by atoms with Gasteiger partial charge in [0, 0.05) is 6.54 Å². The zero-order valence-corrected chi connectivity index (χ0v) is 11.7. The first-order valence-corrected chi connectivity index (χ1v) is 7.12. The molecule has 21 heavy (non-hydrogen) atoms. The van der Waals surface area contributed by atoms with Crippen LogP contribution >= 0.6 is 0 Å². The highest BCUT2D eigenvalue weighted by Gasteiger charge is 2.25. The largest absolute Gasteiger partial charge is 0.448 e. The Balaban J connectivity index is 1.53. The number of nitrogens with one attached hydrogen (secondary N) is 1. The maximum Gasteiger partial charge on any atom is 0.410 e. The number of benzene rings is 1. The van der Waals surface area contributed by atoms with Crippen LogP contribution in [0.2, 0.25) is 0 Å². The van der Waals surface area contributed by atoms with Gasteiger partial charge in [-0.05, 0) is 17.5 Å². The lowest BCUT2D eigenvalue weighted by Crippen LogP contribution is -2.40. The van der Waals surface area contributed by atoms with E-state index in [4.69, 9.17) is 9.47 Å². The number of rotatable bonds is 4. The van der Waals surface area contributed by atoms with Gasteiger partial charge in [-0.1, -0.05) is 24.3 Å². The Labute approximate surface area is 123 Å². The first-order chi connectivity index (χ1) is 10.2. The predicted molar refractivity (Wildman–Crippen MR) is 74.8 cm³/mol. The highest BCUT2D eigenvalue weighted by atomic mass is 16.6. The summed E-state index contributed by atoms with van der Waals surface area (Å²) in [5.41, 5.74) is 2.40. The van der Waals surface area contributed by atoms with Crippen molar-refractivity contribution in [3.8, 4) is 0 Å². The Morgan fingerprint density at radius 2 is 2.19 bits per heavy atom. The number of nitrogens with zero attached hydrogens (tertiary/aromatic N) is 1. The molecule has 1 aromatic carbocycles. The van der Waals surface area contributed by atoms with E-state index < -0.39 is 6.09 Å². The molecule has 0 aliphatic carbocycles. The molecule has 2 aliphatic rings. The number of ether oxygens (including phenoxy) is 2. The van der Waals surface area contributed by atoms with Crippen molar-refractivity contribution in [2.45, 2.75) is 12.5 Å². The fourth-order valence-corrected chi connectivity index (χ4v) is 2.65. The fraction of sp³-hybridized carbons (Fsp3) is 0.467. The van der Waals surface area contributed by atoms with Crippen LogP contribution in [-0.4, -0.2) is 49.7 Å². The van der Waals surface area contributed by atoms with Crippen molar-refractivity contribution >= 4 is 12.0 Å². The molecule has 0 aromatic heterocycles. The Morgan fingerprint density at radius 3 is 3.00 bits per heavy atom. The van der Waals surface area contributed by atoms with E-state index in [2.05, 4.69) is 11.4 Å². The highest BCUT2D eigenvalue weighted by molar-refractivity contribution is 5.82. The Bertz CT molecular complexity index is 546. The quantitative estimate of drug-likeness (QED) is 0.893. The van der Waals surface area contributed by atoms with Crippen LogP contribution in [0.4, 0.5) is 4.79 Å². The van der Waals surface area contributed by atoms with Gasteiger partial charge in [-0.2, -0.15) is 0 Å². The zero-order chi connectivity index (χ0) is 14.7. The number of cyclic esters (lactones) is 1. The molecule has 0 radical (unpaired) electrons. The van der Waals surface area contributed by atoms with E-state index in [1.807, 2.05) is 18.2 Å². The van der Waals surface area contributed by atoms with E-state index in [0.29, 0.717) is 26.3 Å². The van der Waals surface area contributed by atoms with Gasteiger partial charge in [0.1, 0.15) is 19.3 Å². The summed E-state index contributed by atoms with van der Waals surface area (Å²) in [5, 5.41) is 2.83. The minimum absolute atomic E-state index is 0.0349. The number of carbonyl (C=O) groups is 2. The molecule has 0 unspecified atom stereocenters. The van der Waals surface area contributed by atoms with Crippen molar-refractivity contribution in [2.24, 2.45) is 0 Å². The molecule has 0 spiro atoms. The summed E-state index contributed by atoms with van der Waals surface area (Å²) in [4.78, 5) is 24.6. The molecule has 112 valence electrons. The highest BCUT2D eigenvalue weighted by Crippen LogP contribution is 2.26. The lowest BCUT2D eigenvalue weighted by Gasteiger charge is -2.26. The molecule has 1 aromatic rings. The van der Waals surface area contributed by atoms with Crippen LogP contribution in [0, 0.1) is 0 Å². The summed E-state index contributed by atoms with van der Waals surface area (Å²) in [6, 6.07) is 8.11. The molecule has 6 heteroatoms. The zero-order valence-electron chi connectivity index (χ0n) is 11.7. The van der Waals surface area contributed by atoms with Crippen molar-refractivity contribution in [2.75, 3.05) is 32.8 Å². The van der Waals surface area contributed by atoms with Crippen LogP contribution in [0.1, 0.15) is 17.2 Å². The smallest absolute Gasteiger partial charge is 0.410 e. The molecule has 2 amide bonds. The van der Waals surface area contributed by atoms with Gasteiger partial charge in [0.05, 0.1) is 13.2 Å². The molecule has 0 saturated carbocycles. The second kappa shape index (κ2) is 6.13. The molecule has 6 nitrogen and oxygen atoms in total. The average molecular weight is 290 g/mol. The molecule has 2 heterocycles. The normalized spacial score (nSPS) is 20.9. The van der Waals surface area contributed by atoms with E-state index in [0.717, 1.165) is 12.0 Å². The Kier molecular flexibility index (Phi) is 4.06. The lowest BCUT2D eigenvalue weighted by atomic mass is 9.97. The van der Waals surface area contributed by atoms with E-state index in [1.165, 1.54) is 10.5 Å². The molecule has 1 atom stereocenters. The average Bonchev–Trinajstić information content (AvgIpc) is 2.90. The molecular weight excluding hydrogens is 272 g/mol. The fourth-order valence-electron chi connectivity index (χ4n) is 2.65. The molecule has 2 aliphatic heterocycles. The monoisotopic (exact) mass is 290 g/mol. The summed E-state index contributed by atoms with van der Waals surface area (Å²) >= 11 is 0. The first-order valence-electron chi connectivity index (χ1n) is 7.12. The van der Waals surface area contributed by atoms with Crippen molar-refractivity contribution in [3.63, 3.8) is 0 Å². The van der Waals surface area contributed by atoms with E-state index in [-0.39, 0.29) is 18.6 Å². The first kappa shape index (κ1) is 13.9. The molecular formula is C15H18N2O4. The second-order valence-electron chi connectivity index (χ2n) is 5.15. The van der Waals surface area contributed by atoms with Gasteiger partial charge in [0.25, 0.3) is 0 Å². The summed E-state index contributed by atoms with van der Waals surface area (Å²) in [5.74, 6) is -0.194. The van der Waals surface area contributed by atoms with Crippen LogP contribution in [-0.2, 0) is 20.7 Å². The molecule has 0 bridgehead atoms. The third kappa shape index (κ3) is 3.16. The van der Waals surface area contributed by atoms with Crippen LogP contribution in [0.15, 0.2) is 24.3 Å². The number of carbonyl (C=O) groups excluding carboxylic acids is 2. The van der Waals surface area contributed by atoms with Crippen LogP contribution < -0.4 is 5.32 Å². The van der Waals surface area contributed by atoms with Crippen LogP contribution in [0.3, 0.4) is 0 Å². The SMILES string of the molecule is O=C(CN1CCOC1=O)NC[C@H]1OCCc2ccccc21. The maximum atomic E-state index is 11.9. The third-order valence-corrected chi connectivity index (χ3v) is 3.76. The topological polar surface area (TPSA) is 67.9 Å². The Morgan fingerprint density at radius 1 is 1.33 bits per heavy atom. The van der Waals surface area contributed by atoms with Crippen molar-refractivity contribution in [3.05, 3.63) is 35.4 Å². The molecule has 1 fully saturated rings. The maximum absolute atomic E-state index is 11.9. The van der Waals surface area contributed by atoms with Gasteiger partial charge < -0.3 is 14.8 Å². The lowest BCUT2D eigenvalue weighted by molar-refractivity contribution is -0.122. The van der Waals surface area contributed by atoms with Gasteiger partial charge in [-0.3, -0.25) is 9.69 Å². The predicted octanol–water partition coefficient (Wildman–Crippen LogP) is 0.869. The minimum Gasteiger partial charge on any atom is -0.448 e. The molecule has 1 N–H and O–H groups in total. The van der Waals surface area contributed by atoms with E-state index in [1.54, 1.807) is 0 Å². The van der Waals surface area contributed by atoms with E-state index >= 15 is 0 Å². The van der Waals surface area contributed by atoms with Gasteiger partial charge in [-0.15, -0.1) is 0 Å². The van der Waals surface area contributed by atoms with Gasteiger partial charge >= 0.3 is 6.09 Å². The van der Waals surface area contributed by atoms with Gasteiger partial charge in [0.15, 0.2) is 0 Å². The number of amides is 2. The van der Waals surface area contributed by atoms with Crippen LogP contribution in [0.25, 0.3) is 0 Å². The number of fused-ring (bicyclic) bond motifs is 1.